The Hall–Kier alpha value is -3.43. The highest BCUT2D eigenvalue weighted by molar-refractivity contribution is 5.54. The van der Waals surface area contributed by atoms with Crippen LogP contribution in [0.1, 0.15) is 11.4 Å². The van der Waals surface area contributed by atoms with Crippen LogP contribution in [0.2, 0.25) is 0 Å². The molecule has 0 unspecified atom stereocenters. The number of nitrogens with zero attached hydrogens (tertiary/aromatic N) is 6. The van der Waals surface area contributed by atoms with E-state index in [1.165, 1.54) is 22.9 Å². The highest BCUT2D eigenvalue weighted by atomic mass is 19.1. The summed E-state index contributed by atoms with van der Waals surface area (Å²) in [6.07, 6.45) is 3.82. The van der Waals surface area contributed by atoms with Crippen molar-refractivity contribution < 1.29 is 13.5 Å². The predicted octanol–water partition coefficient (Wildman–Crippen LogP) is 3.33. The molecule has 1 aliphatic heterocycles. The van der Waals surface area contributed by atoms with Gasteiger partial charge in [0.15, 0.2) is 11.6 Å². The third-order valence-electron chi connectivity index (χ3n) is 5.64. The predicted molar refractivity (Wildman–Crippen MR) is 119 cm³/mol. The highest BCUT2D eigenvalue weighted by Crippen LogP contribution is 2.21. The number of hydrogen-bond donors (Lipinski definition) is 0. The van der Waals surface area contributed by atoms with E-state index in [2.05, 4.69) is 10.00 Å². The lowest BCUT2D eigenvalue weighted by molar-refractivity contribution is 0.0360. The monoisotopic (exact) mass is 450 g/mol. The van der Waals surface area contributed by atoms with Crippen LogP contribution in [0, 0.1) is 11.6 Å². The molecule has 0 aliphatic carbocycles. The SMILES string of the molecule is Fc1cccc(Cc2nc(-c3cnn(-c4ccccc4F)c3)n(CCN3CCOCC3)n2)c1. The summed E-state index contributed by atoms with van der Waals surface area (Å²) in [5.74, 6) is 0.604. The van der Waals surface area contributed by atoms with Crippen molar-refractivity contribution in [2.75, 3.05) is 32.8 Å². The molecule has 33 heavy (non-hydrogen) atoms. The summed E-state index contributed by atoms with van der Waals surface area (Å²) >= 11 is 0. The molecule has 1 saturated heterocycles. The summed E-state index contributed by atoms with van der Waals surface area (Å²) in [5, 5.41) is 9.05. The average Bonchev–Trinajstić information content (AvgIpc) is 3.46. The van der Waals surface area contributed by atoms with Gasteiger partial charge in [-0.25, -0.2) is 23.1 Å². The molecule has 170 valence electrons. The zero-order valence-corrected chi connectivity index (χ0v) is 18.1. The molecule has 0 bridgehead atoms. The number of para-hydroxylation sites is 1. The zero-order chi connectivity index (χ0) is 22.6. The zero-order valence-electron chi connectivity index (χ0n) is 18.1. The molecule has 1 aliphatic rings. The van der Waals surface area contributed by atoms with Crippen LogP contribution in [0.15, 0.2) is 60.9 Å². The number of aromatic nitrogens is 5. The molecule has 3 heterocycles. The second kappa shape index (κ2) is 9.60. The van der Waals surface area contributed by atoms with Crippen LogP contribution in [0.5, 0.6) is 0 Å². The Bertz CT molecular complexity index is 1230. The average molecular weight is 450 g/mol. The number of benzene rings is 2. The van der Waals surface area contributed by atoms with Crippen LogP contribution < -0.4 is 0 Å². The fraction of sp³-hybridized carbons (Fsp3) is 0.292. The van der Waals surface area contributed by atoms with Gasteiger partial charge >= 0.3 is 0 Å². The summed E-state index contributed by atoms with van der Waals surface area (Å²) in [5.41, 5.74) is 1.90. The van der Waals surface area contributed by atoms with Gasteiger partial charge in [-0.2, -0.15) is 10.2 Å². The molecule has 9 heteroatoms. The van der Waals surface area contributed by atoms with Gasteiger partial charge in [0.2, 0.25) is 0 Å². The molecular weight excluding hydrogens is 426 g/mol. The van der Waals surface area contributed by atoms with E-state index in [0.717, 1.165) is 44.0 Å². The van der Waals surface area contributed by atoms with Gasteiger partial charge < -0.3 is 4.74 Å². The fourth-order valence-electron chi connectivity index (χ4n) is 3.93. The normalized spacial score (nSPS) is 14.6. The van der Waals surface area contributed by atoms with Crippen molar-refractivity contribution in [1.82, 2.24) is 29.4 Å². The van der Waals surface area contributed by atoms with Crippen LogP contribution in [-0.2, 0) is 17.7 Å². The molecule has 0 spiro atoms. The molecule has 4 aromatic rings. The van der Waals surface area contributed by atoms with E-state index in [0.29, 0.717) is 30.3 Å². The van der Waals surface area contributed by atoms with E-state index in [1.54, 1.807) is 36.7 Å². The van der Waals surface area contributed by atoms with Crippen LogP contribution in [0.25, 0.3) is 17.1 Å². The molecule has 5 rings (SSSR count). The number of rotatable bonds is 7. The standard InChI is InChI=1S/C24H24F2N6O/c25-20-5-3-4-18(14-20)15-23-28-24(31(29-23)9-8-30-10-12-33-13-11-30)19-16-27-32(17-19)22-7-2-1-6-21(22)26/h1-7,14,16-17H,8-13,15H2. The maximum absolute atomic E-state index is 14.2. The smallest absolute Gasteiger partial charge is 0.161 e. The lowest BCUT2D eigenvalue weighted by Gasteiger charge is -2.26. The second-order valence-electron chi connectivity index (χ2n) is 7.96. The van der Waals surface area contributed by atoms with E-state index >= 15 is 0 Å². The largest absolute Gasteiger partial charge is 0.379 e. The van der Waals surface area contributed by atoms with Crippen molar-refractivity contribution in [2.45, 2.75) is 13.0 Å². The number of halogens is 2. The molecule has 1 fully saturated rings. The minimum Gasteiger partial charge on any atom is -0.379 e. The van der Waals surface area contributed by atoms with Gasteiger partial charge in [0.05, 0.1) is 31.5 Å². The third-order valence-corrected chi connectivity index (χ3v) is 5.64. The highest BCUT2D eigenvalue weighted by Gasteiger charge is 2.17. The molecular formula is C24H24F2N6O. The van der Waals surface area contributed by atoms with E-state index < -0.39 is 0 Å². The summed E-state index contributed by atoms with van der Waals surface area (Å²) < 4.78 is 36.7. The van der Waals surface area contributed by atoms with Crippen molar-refractivity contribution in [3.63, 3.8) is 0 Å². The van der Waals surface area contributed by atoms with Crippen molar-refractivity contribution >= 4 is 0 Å². The minimum atomic E-state index is -0.354. The van der Waals surface area contributed by atoms with E-state index in [1.807, 2.05) is 10.7 Å². The summed E-state index contributed by atoms with van der Waals surface area (Å²) in [6, 6.07) is 12.9. The first kappa shape index (κ1) is 21.4. The van der Waals surface area contributed by atoms with Gasteiger partial charge in [0.25, 0.3) is 0 Å². The maximum atomic E-state index is 14.2. The minimum absolute atomic E-state index is 0.286. The van der Waals surface area contributed by atoms with E-state index in [9.17, 15) is 8.78 Å². The Morgan fingerprint density at radius 1 is 0.970 bits per heavy atom. The Balaban J connectivity index is 1.44. The van der Waals surface area contributed by atoms with Crippen molar-refractivity contribution in [1.29, 1.82) is 0 Å². The topological polar surface area (TPSA) is 61.0 Å². The summed E-state index contributed by atoms with van der Waals surface area (Å²) in [4.78, 5) is 7.06. The quantitative estimate of drug-likeness (QED) is 0.432. The van der Waals surface area contributed by atoms with Gasteiger partial charge in [-0.15, -0.1) is 0 Å². The van der Waals surface area contributed by atoms with Crippen LogP contribution >= 0.6 is 0 Å². The Labute approximate surface area is 190 Å². The second-order valence-corrected chi connectivity index (χ2v) is 7.96. The van der Waals surface area contributed by atoms with Crippen LogP contribution in [0.3, 0.4) is 0 Å². The van der Waals surface area contributed by atoms with Gasteiger partial charge in [-0.3, -0.25) is 4.90 Å². The van der Waals surface area contributed by atoms with Crippen molar-refractivity contribution in [2.24, 2.45) is 0 Å². The maximum Gasteiger partial charge on any atom is 0.161 e. The third kappa shape index (κ3) is 4.99. The Morgan fingerprint density at radius 3 is 2.64 bits per heavy atom. The first-order valence-corrected chi connectivity index (χ1v) is 10.9. The first-order valence-electron chi connectivity index (χ1n) is 10.9. The number of ether oxygens (including phenoxy) is 1. The van der Waals surface area contributed by atoms with Gasteiger partial charge in [0.1, 0.15) is 17.3 Å². The van der Waals surface area contributed by atoms with Gasteiger partial charge in [-0.1, -0.05) is 24.3 Å². The molecule has 0 radical (unpaired) electrons. The molecule has 0 atom stereocenters. The van der Waals surface area contributed by atoms with Crippen LogP contribution in [-0.4, -0.2) is 62.3 Å². The fourth-order valence-corrected chi connectivity index (χ4v) is 3.93. The number of morpholine rings is 1. The number of hydrogen-bond acceptors (Lipinski definition) is 5. The molecule has 0 amide bonds. The lowest BCUT2D eigenvalue weighted by atomic mass is 10.1. The van der Waals surface area contributed by atoms with Crippen molar-refractivity contribution in [3.05, 3.63) is 83.9 Å². The summed E-state index contributed by atoms with van der Waals surface area (Å²) in [7, 11) is 0. The molecule has 2 aromatic carbocycles. The Morgan fingerprint density at radius 2 is 1.82 bits per heavy atom. The van der Waals surface area contributed by atoms with E-state index in [-0.39, 0.29) is 11.6 Å². The molecule has 2 aromatic heterocycles. The Kier molecular flexibility index (Phi) is 6.23. The van der Waals surface area contributed by atoms with Crippen LogP contribution in [0.4, 0.5) is 8.78 Å². The molecule has 0 N–H and O–H groups in total. The first-order chi connectivity index (χ1) is 16.2. The van der Waals surface area contributed by atoms with Gasteiger partial charge in [-0.05, 0) is 29.8 Å². The van der Waals surface area contributed by atoms with Gasteiger partial charge in [0, 0.05) is 32.3 Å². The lowest BCUT2D eigenvalue weighted by Crippen LogP contribution is -2.38. The van der Waals surface area contributed by atoms with Crippen molar-refractivity contribution in [3.8, 4) is 17.1 Å². The summed E-state index contributed by atoms with van der Waals surface area (Å²) in [6.45, 7) is 4.66. The molecule has 7 nitrogen and oxygen atoms in total. The van der Waals surface area contributed by atoms with E-state index in [4.69, 9.17) is 14.8 Å². The molecule has 0 saturated carbocycles.